The lowest BCUT2D eigenvalue weighted by molar-refractivity contribution is -0.134. The Labute approximate surface area is 167 Å². The summed E-state index contributed by atoms with van der Waals surface area (Å²) in [4.78, 5) is 32.1. The summed E-state index contributed by atoms with van der Waals surface area (Å²) in [6.07, 6.45) is 6.72. The van der Waals surface area contributed by atoms with Crippen LogP contribution in [0, 0.1) is 0 Å². The number of carbonyl (C=O) groups excluding carboxylic acids is 2. The second kappa shape index (κ2) is 7.69. The van der Waals surface area contributed by atoms with E-state index in [9.17, 15) is 9.59 Å². The van der Waals surface area contributed by atoms with Gasteiger partial charge in [0.2, 0.25) is 5.91 Å². The highest BCUT2D eigenvalue weighted by Crippen LogP contribution is 2.38. The molecule has 0 saturated carbocycles. The van der Waals surface area contributed by atoms with E-state index in [4.69, 9.17) is 16.7 Å². The number of piperidine rings is 1. The summed E-state index contributed by atoms with van der Waals surface area (Å²) in [6.45, 7) is 1.64. The Kier molecular flexibility index (Phi) is 5.27. The van der Waals surface area contributed by atoms with Crippen LogP contribution in [0.2, 0.25) is 5.02 Å². The Balaban J connectivity index is 1.48. The molecular formula is C19H24ClN5O3. The minimum Gasteiger partial charge on any atom is -0.395 e. The standard InChI is InChI=1S/C19H24ClN5O3/c20-13-3-4-16-23-15(12-24(16)10-13)17(27)22-14-9-19(18(28)21-6-8-26)5-1-2-7-25(19)11-14/h3-4,10,12,14,26H,1-2,5-9,11H2,(H,21,28)(H,22,27)/t14-,19+/m0/s1. The molecule has 3 N–H and O–H groups in total. The van der Waals surface area contributed by atoms with Gasteiger partial charge in [0.15, 0.2) is 0 Å². The number of hydrogen-bond acceptors (Lipinski definition) is 5. The van der Waals surface area contributed by atoms with Gasteiger partial charge in [0.25, 0.3) is 5.91 Å². The molecule has 0 aliphatic carbocycles. The highest BCUT2D eigenvalue weighted by molar-refractivity contribution is 6.30. The topological polar surface area (TPSA) is 99.0 Å². The van der Waals surface area contributed by atoms with Crippen molar-refractivity contribution >= 4 is 29.1 Å². The normalized spacial score (nSPS) is 24.9. The van der Waals surface area contributed by atoms with Crippen LogP contribution in [0.25, 0.3) is 5.65 Å². The molecule has 150 valence electrons. The molecule has 0 aromatic carbocycles. The molecule has 2 aromatic rings. The Morgan fingerprint density at radius 2 is 2.18 bits per heavy atom. The van der Waals surface area contributed by atoms with Gasteiger partial charge < -0.3 is 20.1 Å². The number of rotatable bonds is 5. The second-order valence-corrected chi connectivity index (χ2v) is 7.96. The van der Waals surface area contributed by atoms with Crippen molar-refractivity contribution in [2.75, 3.05) is 26.2 Å². The van der Waals surface area contributed by atoms with Crippen molar-refractivity contribution in [1.82, 2.24) is 24.9 Å². The van der Waals surface area contributed by atoms with E-state index in [0.717, 1.165) is 25.8 Å². The summed E-state index contributed by atoms with van der Waals surface area (Å²) in [5, 5.41) is 15.5. The van der Waals surface area contributed by atoms with E-state index in [-0.39, 0.29) is 31.0 Å². The zero-order valence-corrected chi connectivity index (χ0v) is 16.3. The Morgan fingerprint density at radius 1 is 1.32 bits per heavy atom. The number of aliphatic hydroxyl groups is 1. The molecule has 2 aromatic heterocycles. The lowest BCUT2D eigenvalue weighted by atomic mass is 9.84. The van der Waals surface area contributed by atoms with Crippen molar-refractivity contribution in [2.24, 2.45) is 0 Å². The molecule has 0 bridgehead atoms. The highest BCUT2D eigenvalue weighted by atomic mass is 35.5. The van der Waals surface area contributed by atoms with E-state index in [0.29, 0.717) is 29.3 Å². The molecule has 0 spiro atoms. The maximum Gasteiger partial charge on any atom is 0.271 e. The molecule has 8 nitrogen and oxygen atoms in total. The molecule has 2 aliphatic rings. The number of fused-ring (bicyclic) bond motifs is 2. The van der Waals surface area contributed by atoms with Crippen LogP contribution >= 0.6 is 11.6 Å². The second-order valence-electron chi connectivity index (χ2n) is 7.53. The van der Waals surface area contributed by atoms with Crippen LogP contribution in [-0.4, -0.2) is 69.0 Å². The van der Waals surface area contributed by atoms with E-state index >= 15 is 0 Å². The predicted molar refractivity (Wildman–Crippen MR) is 104 cm³/mol. The van der Waals surface area contributed by atoms with Gasteiger partial charge in [-0.1, -0.05) is 11.6 Å². The van der Waals surface area contributed by atoms with Gasteiger partial charge in [0.1, 0.15) is 16.9 Å². The van der Waals surface area contributed by atoms with Crippen LogP contribution < -0.4 is 10.6 Å². The molecule has 2 atom stereocenters. The average molecular weight is 406 g/mol. The van der Waals surface area contributed by atoms with Crippen LogP contribution in [0.5, 0.6) is 0 Å². The third-order valence-electron chi connectivity index (χ3n) is 5.70. The zero-order valence-electron chi connectivity index (χ0n) is 15.5. The van der Waals surface area contributed by atoms with Crippen LogP contribution in [0.1, 0.15) is 36.2 Å². The van der Waals surface area contributed by atoms with Crippen LogP contribution in [0.3, 0.4) is 0 Å². The third kappa shape index (κ3) is 3.47. The van der Waals surface area contributed by atoms with Gasteiger partial charge in [-0.2, -0.15) is 0 Å². The summed E-state index contributed by atoms with van der Waals surface area (Å²) in [7, 11) is 0. The van der Waals surface area contributed by atoms with E-state index < -0.39 is 5.54 Å². The molecule has 4 rings (SSSR count). The molecule has 9 heteroatoms. The first-order chi connectivity index (χ1) is 13.5. The van der Waals surface area contributed by atoms with Crippen molar-refractivity contribution in [3.05, 3.63) is 35.2 Å². The fourth-order valence-electron chi connectivity index (χ4n) is 4.44. The number of imidazole rings is 1. The summed E-state index contributed by atoms with van der Waals surface area (Å²) < 4.78 is 1.72. The van der Waals surface area contributed by atoms with Crippen LogP contribution in [-0.2, 0) is 4.79 Å². The Morgan fingerprint density at radius 3 is 3.00 bits per heavy atom. The fourth-order valence-corrected chi connectivity index (χ4v) is 4.61. The van der Waals surface area contributed by atoms with Gasteiger partial charge in [-0.3, -0.25) is 14.5 Å². The molecule has 2 saturated heterocycles. The lowest BCUT2D eigenvalue weighted by Gasteiger charge is -2.40. The minimum atomic E-state index is -0.599. The zero-order chi connectivity index (χ0) is 19.7. The molecule has 28 heavy (non-hydrogen) atoms. The van der Waals surface area contributed by atoms with E-state index in [1.807, 2.05) is 0 Å². The largest absolute Gasteiger partial charge is 0.395 e. The van der Waals surface area contributed by atoms with Gasteiger partial charge in [-0.05, 0) is 44.4 Å². The van der Waals surface area contributed by atoms with E-state index in [2.05, 4.69) is 20.5 Å². The molecule has 2 aliphatic heterocycles. The number of nitrogens with zero attached hydrogens (tertiary/aromatic N) is 3. The first-order valence-corrected chi connectivity index (χ1v) is 9.99. The van der Waals surface area contributed by atoms with Crippen molar-refractivity contribution in [3.63, 3.8) is 0 Å². The number of aliphatic hydroxyl groups excluding tert-OH is 1. The maximum atomic E-state index is 12.8. The Hall–Kier alpha value is -2.16. The number of nitrogens with one attached hydrogen (secondary N) is 2. The van der Waals surface area contributed by atoms with Crippen molar-refractivity contribution in [3.8, 4) is 0 Å². The summed E-state index contributed by atoms with van der Waals surface area (Å²) in [5.41, 5.74) is 0.377. The predicted octanol–water partition coefficient (Wildman–Crippen LogP) is 0.823. The number of carbonyl (C=O) groups is 2. The van der Waals surface area contributed by atoms with Gasteiger partial charge >= 0.3 is 0 Å². The van der Waals surface area contributed by atoms with Crippen molar-refractivity contribution in [2.45, 2.75) is 37.3 Å². The first kappa shape index (κ1) is 19.2. The van der Waals surface area contributed by atoms with Gasteiger partial charge in [0.05, 0.1) is 11.6 Å². The molecular weight excluding hydrogens is 382 g/mol. The van der Waals surface area contributed by atoms with E-state index in [1.165, 1.54) is 0 Å². The highest BCUT2D eigenvalue weighted by Gasteiger charge is 2.52. The molecule has 2 fully saturated rings. The molecule has 0 radical (unpaired) electrons. The average Bonchev–Trinajstić information content (AvgIpc) is 3.27. The fraction of sp³-hybridized carbons (Fsp3) is 0.526. The lowest BCUT2D eigenvalue weighted by Crippen LogP contribution is -2.57. The third-order valence-corrected chi connectivity index (χ3v) is 5.92. The van der Waals surface area contributed by atoms with Crippen molar-refractivity contribution in [1.29, 1.82) is 0 Å². The SMILES string of the molecule is O=C(N[C@@H]1CN2CCCC[C@]2(C(=O)NCCO)C1)c1cn2cc(Cl)ccc2n1. The monoisotopic (exact) mass is 405 g/mol. The smallest absolute Gasteiger partial charge is 0.271 e. The van der Waals surface area contributed by atoms with Crippen molar-refractivity contribution < 1.29 is 14.7 Å². The molecule has 0 unspecified atom stereocenters. The van der Waals surface area contributed by atoms with Crippen LogP contribution in [0.4, 0.5) is 0 Å². The first-order valence-electron chi connectivity index (χ1n) is 9.61. The number of halogens is 1. The summed E-state index contributed by atoms with van der Waals surface area (Å²) in [5.74, 6) is -0.309. The number of amides is 2. The van der Waals surface area contributed by atoms with Crippen LogP contribution in [0.15, 0.2) is 24.5 Å². The van der Waals surface area contributed by atoms with Gasteiger partial charge in [-0.25, -0.2) is 4.98 Å². The number of pyridine rings is 1. The maximum absolute atomic E-state index is 12.8. The van der Waals surface area contributed by atoms with E-state index in [1.54, 1.807) is 28.9 Å². The summed E-state index contributed by atoms with van der Waals surface area (Å²) in [6, 6.07) is 3.36. The van der Waals surface area contributed by atoms with Gasteiger partial charge in [0, 0.05) is 31.5 Å². The number of hydrogen-bond donors (Lipinski definition) is 3. The Bertz CT molecular complexity index is 901. The summed E-state index contributed by atoms with van der Waals surface area (Å²) >= 11 is 5.99. The molecule has 2 amide bonds. The number of aromatic nitrogens is 2. The molecule has 4 heterocycles. The van der Waals surface area contributed by atoms with Gasteiger partial charge in [-0.15, -0.1) is 0 Å². The minimum absolute atomic E-state index is 0.0552. The quantitative estimate of drug-likeness (QED) is 0.684.